The van der Waals surface area contributed by atoms with E-state index in [1.165, 1.54) is 69.9 Å². The topological polar surface area (TPSA) is 9.23 Å². The summed E-state index contributed by atoms with van der Waals surface area (Å²) < 4.78 is 40.6. The number of hydrogen-bond donors (Lipinski definition) is 0. The molecule has 2 aliphatic rings. The maximum atomic E-state index is 12.2. The van der Waals surface area contributed by atoms with E-state index in [4.69, 9.17) is 0 Å². The molecule has 0 unspecified atom stereocenters. The van der Waals surface area contributed by atoms with E-state index >= 15 is 0 Å². The van der Waals surface area contributed by atoms with Gasteiger partial charge in [0, 0.05) is 0 Å². The fourth-order valence-electron chi connectivity index (χ4n) is 5.24. The van der Waals surface area contributed by atoms with Crippen LogP contribution in [0.5, 0.6) is 5.75 Å². The second-order valence-electron chi connectivity index (χ2n) is 8.70. The molecule has 0 atom stereocenters. The molecule has 1 nitrogen and oxygen atoms in total. The number of benzene rings is 1. The predicted octanol–water partition coefficient (Wildman–Crippen LogP) is 7.54. The van der Waals surface area contributed by atoms with Crippen molar-refractivity contribution in [3.05, 3.63) is 29.8 Å². The van der Waals surface area contributed by atoms with Crippen LogP contribution in [-0.4, -0.2) is 6.36 Å². The van der Waals surface area contributed by atoms with E-state index in [9.17, 15) is 13.2 Å². The molecule has 0 amide bonds. The summed E-state index contributed by atoms with van der Waals surface area (Å²) in [7, 11) is 0. The highest BCUT2D eigenvalue weighted by molar-refractivity contribution is 5.27. The van der Waals surface area contributed by atoms with Gasteiger partial charge in [-0.1, -0.05) is 51.2 Å². The van der Waals surface area contributed by atoms with Crippen molar-refractivity contribution in [3.63, 3.8) is 0 Å². The Morgan fingerprint density at radius 1 is 0.815 bits per heavy atom. The molecule has 0 N–H and O–H groups in total. The number of aryl methyl sites for hydroxylation is 1. The average molecular weight is 383 g/mol. The van der Waals surface area contributed by atoms with Gasteiger partial charge >= 0.3 is 6.36 Å². The molecule has 0 saturated heterocycles. The molecule has 3 rings (SSSR count). The van der Waals surface area contributed by atoms with Gasteiger partial charge < -0.3 is 4.74 Å². The van der Waals surface area contributed by atoms with Crippen LogP contribution in [0, 0.1) is 23.7 Å². The molecule has 2 saturated carbocycles. The van der Waals surface area contributed by atoms with Crippen LogP contribution in [0.3, 0.4) is 0 Å². The summed E-state index contributed by atoms with van der Waals surface area (Å²) in [6.07, 6.45) is 10.0. The first-order valence-electron chi connectivity index (χ1n) is 10.8. The maximum Gasteiger partial charge on any atom is 0.573 e. The average Bonchev–Trinajstić information content (AvgIpc) is 2.67. The smallest absolute Gasteiger partial charge is 0.406 e. The quantitative estimate of drug-likeness (QED) is 0.494. The van der Waals surface area contributed by atoms with Crippen molar-refractivity contribution in [3.8, 4) is 5.75 Å². The lowest BCUT2D eigenvalue weighted by molar-refractivity contribution is -0.274. The highest BCUT2D eigenvalue weighted by atomic mass is 19.4. The van der Waals surface area contributed by atoms with E-state index < -0.39 is 6.36 Å². The molecule has 0 aromatic heterocycles. The van der Waals surface area contributed by atoms with Crippen LogP contribution in [0.15, 0.2) is 24.3 Å². The fourth-order valence-corrected chi connectivity index (χ4v) is 5.24. The molecular formula is C23H33F3O. The summed E-state index contributed by atoms with van der Waals surface area (Å²) in [4.78, 5) is 0. The molecule has 4 heteroatoms. The van der Waals surface area contributed by atoms with Gasteiger partial charge in [-0.25, -0.2) is 0 Å². The highest BCUT2D eigenvalue weighted by Gasteiger charge is 2.31. The van der Waals surface area contributed by atoms with Crippen molar-refractivity contribution in [1.29, 1.82) is 0 Å². The second kappa shape index (κ2) is 9.34. The van der Waals surface area contributed by atoms with Gasteiger partial charge in [0.25, 0.3) is 0 Å². The number of alkyl halides is 3. The first kappa shape index (κ1) is 20.5. The van der Waals surface area contributed by atoms with Crippen LogP contribution in [-0.2, 0) is 6.42 Å². The molecule has 2 fully saturated rings. The molecule has 152 valence electrons. The number of rotatable bonds is 6. The minimum Gasteiger partial charge on any atom is -0.406 e. The Bertz CT molecular complexity index is 550. The molecule has 2 aliphatic carbocycles. The molecule has 0 heterocycles. The molecule has 1 aromatic carbocycles. The first-order valence-corrected chi connectivity index (χ1v) is 10.8. The monoisotopic (exact) mass is 382 g/mol. The van der Waals surface area contributed by atoms with Gasteiger partial charge in [-0.2, -0.15) is 0 Å². The lowest BCUT2D eigenvalue weighted by Gasteiger charge is -2.37. The zero-order chi connectivity index (χ0) is 19.3. The van der Waals surface area contributed by atoms with Crippen molar-refractivity contribution < 1.29 is 17.9 Å². The summed E-state index contributed by atoms with van der Waals surface area (Å²) in [6.45, 7) is 2.33. The van der Waals surface area contributed by atoms with Gasteiger partial charge in [-0.15, -0.1) is 13.2 Å². The van der Waals surface area contributed by atoms with Crippen LogP contribution >= 0.6 is 0 Å². The molecule has 0 radical (unpaired) electrons. The molecule has 0 bridgehead atoms. The SMILES string of the molecule is CCC1CCC(C2CCC(CCc3ccc(OC(F)(F)F)cc3)CC2)CC1. The Labute approximate surface area is 161 Å². The third-order valence-corrected chi connectivity index (χ3v) is 7.03. The van der Waals surface area contributed by atoms with Gasteiger partial charge in [0.1, 0.15) is 5.75 Å². The Hall–Kier alpha value is -1.19. The van der Waals surface area contributed by atoms with Crippen molar-refractivity contribution in [2.24, 2.45) is 23.7 Å². The molecular weight excluding hydrogens is 349 g/mol. The lowest BCUT2D eigenvalue weighted by atomic mass is 9.68. The molecule has 27 heavy (non-hydrogen) atoms. The van der Waals surface area contributed by atoms with E-state index in [2.05, 4.69) is 11.7 Å². The van der Waals surface area contributed by atoms with Crippen LogP contribution in [0.4, 0.5) is 13.2 Å². The van der Waals surface area contributed by atoms with Gasteiger partial charge in [0.2, 0.25) is 0 Å². The number of ether oxygens (including phenoxy) is 1. The van der Waals surface area contributed by atoms with Crippen LogP contribution in [0.2, 0.25) is 0 Å². The van der Waals surface area contributed by atoms with E-state index in [-0.39, 0.29) is 5.75 Å². The third-order valence-electron chi connectivity index (χ3n) is 7.03. The molecule has 0 aliphatic heterocycles. The van der Waals surface area contributed by atoms with E-state index in [0.717, 1.165) is 42.1 Å². The molecule has 1 aromatic rings. The Morgan fingerprint density at radius 2 is 1.33 bits per heavy atom. The number of halogens is 3. The van der Waals surface area contributed by atoms with Crippen molar-refractivity contribution >= 4 is 0 Å². The summed E-state index contributed by atoms with van der Waals surface area (Å²) >= 11 is 0. The van der Waals surface area contributed by atoms with Crippen molar-refractivity contribution in [2.75, 3.05) is 0 Å². The summed E-state index contributed by atoms with van der Waals surface area (Å²) in [5.74, 6) is 3.53. The van der Waals surface area contributed by atoms with Gasteiger partial charge in [-0.3, -0.25) is 0 Å². The van der Waals surface area contributed by atoms with Crippen LogP contribution in [0.25, 0.3) is 0 Å². The zero-order valence-electron chi connectivity index (χ0n) is 16.4. The van der Waals surface area contributed by atoms with E-state index in [1.54, 1.807) is 12.1 Å². The third kappa shape index (κ3) is 6.43. The Kier molecular flexibility index (Phi) is 7.10. The summed E-state index contributed by atoms with van der Waals surface area (Å²) in [6, 6.07) is 6.37. The minimum absolute atomic E-state index is 0.135. The Morgan fingerprint density at radius 3 is 1.81 bits per heavy atom. The highest BCUT2D eigenvalue weighted by Crippen LogP contribution is 2.42. The van der Waals surface area contributed by atoms with E-state index in [0.29, 0.717) is 0 Å². The van der Waals surface area contributed by atoms with Crippen molar-refractivity contribution in [1.82, 2.24) is 0 Å². The van der Waals surface area contributed by atoms with Gasteiger partial charge in [0.05, 0.1) is 0 Å². The minimum atomic E-state index is -4.62. The van der Waals surface area contributed by atoms with Gasteiger partial charge in [-0.05, 0) is 79.9 Å². The second-order valence-corrected chi connectivity index (χ2v) is 8.70. The fraction of sp³-hybridized carbons (Fsp3) is 0.739. The molecule has 0 spiro atoms. The zero-order valence-corrected chi connectivity index (χ0v) is 16.4. The number of hydrogen-bond acceptors (Lipinski definition) is 1. The van der Waals surface area contributed by atoms with Crippen LogP contribution < -0.4 is 4.74 Å². The van der Waals surface area contributed by atoms with Crippen molar-refractivity contribution in [2.45, 2.75) is 83.9 Å². The standard InChI is InChI=1S/C23H33F3O/c1-2-17-5-11-20(12-6-17)21-13-7-18(8-14-21)3-4-19-9-15-22(16-10-19)27-23(24,25)26/h9-10,15-18,20-21H,2-8,11-14H2,1H3. The first-order chi connectivity index (χ1) is 12.9. The van der Waals surface area contributed by atoms with Gasteiger partial charge in [0.15, 0.2) is 0 Å². The largest absolute Gasteiger partial charge is 0.573 e. The summed E-state index contributed by atoms with van der Waals surface area (Å²) in [5.41, 5.74) is 1.10. The normalized spacial score (nSPS) is 29.5. The predicted molar refractivity (Wildman–Crippen MR) is 103 cm³/mol. The van der Waals surface area contributed by atoms with Crippen LogP contribution in [0.1, 0.15) is 76.7 Å². The summed E-state index contributed by atoms with van der Waals surface area (Å²) in [5, 5.41) is 0. The maximum absolute atomic E-state index is 12.2. The van der Waals surface area contributed by atoms with E-state index in [1.807, 2.05) is 0 Å². The lowest BCUT2D eigenvalue weighted by Crippen LogP contribution is -2.25. The Balaban J connectivity index is 1.37.